The number of hydrogen-bond acceptors (Lipinski definition) is 5. The molecule has 0 aromatic carbocycles. The van der Waals surface area contributed by atoms with E-state index in [0.29, 0.717) is 11.5 Å². The van der Waals surface area contributed by atoms with E-state index in [0.717, 1.165) is 23.4 Å². The van der Waals surface area contributed by atoms with Gasteiger partial charge in [-0.3, -0.25) is 0 Å². The monoisotopic (exact) mass is 260 g/mol. The van der Waals surface area contributed by atoms with Gasteiger partial charge in [0.1, 0.15) is 0 Å². The fourth-order valence-electron chi connectivity index (χ4n) is 2.11. The number of nitrogens with two attached hydrogens (primary N) is 1. The molecule has 2 aromatic rings. The smallest absolute Gasteiger partial charge is 0.192 e. The summed E-state index contributed by atoms with van der Waals surface area (Å²) in [4.78, 5) is 8.33. The molecule has 100 valence electrons. The van der Waals surface area contributed by atoms with Crippen LogP contribution in [0.5, 0.6) is 0 Å². The molecule has 0 fully saturated rings. The summed E-state index contributed by atoms with van der Waals surface area (Å²) in [5.74, 6) is 0.367. The molecule has 7 nitrogen and oxygen atoms in total. The van der Waals surface area contributed by atoms with Crippen LogP contribution < -0.4 is 5.73 Å². The number of aryl methyl sites for hydroxylation is 1. The minimum Gasteiger partial charge on any atom is -0.409 e. The van der Waals surface area contributed by atoms with E-state index in [-0.39, 0.29) is 5.84 Å². The molecule has 0 saturated carbocycles. The number of oxime groups is 1. The van der Waals surface area contributed by atoms with Crippen LogP contribution in [0.15, 0.2) is 17.5 Å². The zero-order chi connectivity index (χ0) is 14.0. The highest BCUT2D eigenvalue weighted by atomic mass is 16.4. The van der Waals surface area contributed by atoms with Gasteiger partial charge in [-0.25, -0.2) is 14.6 Å². The van der Waals surface area contributed by atoms with Gasteiger partial charge in [-0.2, -0.15) is 5.10 Å². The highest BCUT2D eigenvalue weighted by Gasteiger charge is 2.17. The number of nitrogens with zero attached hydrogens (tertiary/aromatic N) is 5. The standard InChI is InChI=1S/C12H16N6O/c1-4-9-7(2)16-18(8(9)3)12-10(11(13)17-19)14-5-6-15-12/h5-6,19H,4H2,1-3H3,(H2,13,17). The molecule has 2 heterocycles. The summed E-state index contributed by atoms with van der Waals surface area (Å²) in [5, 5.41) is 16.2. The fraction of sp³-hybridized carbons (Fsp3) is 0.333. The average Bonchev–Trinajstić information content (AvgIpc) is 2.72. The lowest BCUT2D eigenvalue weighted by molar-refractivity contribution is 0.318. The predicted octanol–water partition coefficient (Wildman–Crippen LogP) is 0.936. The van der Waals surface area contributed by atoms with Gasteiger partial charge in [0.15, 0.2) is 17.3 Å². The first kappa shape index (κ1) is 13.0. The van der Waals surface area contributed by atoms with Crippen LogP contribution in [0.4, 0.5) is 0 Å². The Morgan fingerprint density at radius 3 is 2.63 bits per heavy atom. The van der Waals surface area contributed by atoms with Gasteiger partial charge in [-0.1, -0.05) is 12.1 Å². The van der Waals surface area contributed by atoms with Crippen LogP contribution in [-0.4, -0.2) is 30.8 Å². The molecule has 3 N–H and O–H groups in total. The minimum atomic E-state index is -0.0892. The Morgan fingerprint density at radius 1 is 1.37 bits per heavy atom. The number of aromatic nitrogens is 4. The molecular formula is C12H16N6O. The Labute approximate surface area is 110 Å². The largest absolute Gasteiger partial charge is 0.409 e. The molecule has 0 unspecified atom stereocenters. The van der Waals surface area contributed by atoms with Crippen LogP contribution in [-0.2, 0) is 6.42 Å². The summed E-state index contributed by atoms with van der Waals surface area (Å²) in [7, 11) is 0. The van der Waals surface area contributed by atoms with Crippen molar-refractivity contribution >= 4 is 5.84 Å². The quantitative estimate of drug-likeness (QED) is 0.370. The molecule has 0 aliphatic heterocycles. The zero-order valence-electron chi connectivity index (χ0n) is 11.1. The first-order valence-corrected chi connectivity index (χ1v) is 5.94. The highest BCUT2D eigenvalue weighted by molar-refractivity contribution is 5.97. The third-order valence-corrected chi connectivity index (χ3v) is 3.02. The van der Waals surface area contributed by atoms with Crippen LogP contribution >= 0.6 is 0 Å². The van der Waals surface area contributed by atoms with Crippen LogP contribution in [0.1, 0.15) is 29.6 Å². The third kappa shape index (κ3) is 2.14. The molecule has 0 radical (unpaired) electrons. The second kappa shape index (κ2) is 5.05. The van der Waals surface area contributed by atoms with Gasteiger partial charge in [0.25, 0.3) is 0 Å². The van der Waals surface area contributed by atoms with Crippen molar-refractivity contribution in [2.24, 2.45) is 10.9 Å². The van der Waals surface area contributed by atoms with Crippen molar-refractivity contribution in [1.82, 2.24) is 19.7 Å². The lowest BCUT2D eigenvalue weighted by atomic mass is 10.1. The van der Waals surface area contributed by atoms with Gasteiger partial charge < -0.3 is 10.9 Å². The summed E-state index contributed by atoms with van der Waals surface area (Å²) < 4.78 is 1.68. The molecule has 0 saturated heterocycles. The minimum absolute atomic E-state index is 0.0892. The Hall–Kier alpha value is -2.44. The van der Waals surface area contributed by atoms with Crippen molar-refractivity contribution in [2.75, 3.05) is 0 Å². The van der Waals surface area contributed by atoms with Crippen LogP contribution in [0.25, 0.3) is 5.82 Å². The Bertz CT molecular complexity index is 631. The topological polar surface area (TPSA) is 102 Å². The van der Waals surface area contributed by atoms with E-state index < -0.39 is 0 Å². The normalized spacial score (nSPS) is 11.8. The predicted molar refractivity (Wildman–Crippen MR) is 70.5 cm³/mol. The highest BCUT2D eigenvalue weighted by Crippen LogP contribution is 2.18. The zero-order valence-corrected chi connectivity index (χ0v) is 11.1. The molecular weight excluding hydrogens is 244 g/mol. The van der Waals surface area contributed by atoms with E-state index in [1.807, 2.05) is 13.8 Å². The fourth-order valence-corrected chi connectivity index (χ4v) is 2.11. The van der Waals surface area contributed by atoms with Crippen molar-refractivity contribution in [3.8, 4) is 5.82 Å². The molecule has 0 atom stereocenters. The van der Waals surface area contributed by atoms with E-state index >= 15 is 0 Å². The molecule has 2 rings (SSSR count). The molecule has 7 heteroatoms. The summed E-state index contributed by atoms with van der Waals surface area (Å²) >= 11 is 0. The lowest BCUT2D eigenvalue weighted by Crippen LogP contribution is -2.20. The van der Waals surface area contributed by atoms with Gasteiger partial charge in [-0.15, -0.1) is 0 Å². The van der Waals surface area contributed by atoms with Crippen LogP contribution in [0.3, 0.4) is 0 Å². The van der Waals surface area contributed by atoms with Gasteiger partial charge in [0.05, 0.1) is 5.69 Å². The van der Waals surface area contributed by atoms with Crippen molar-refractivity contribution in [1.29, 1.82) is 0 Å². The molecule has 2 aromatic heterocycles. The SMILES string of the molecule is CCc1c(C)nn(-c2nccnc2C(N)=NO)c1C. The maximum Gasteiger partial charge on any atom is 0.192 e. The molecule has 0 bridgehead atoms. The molecule has 0 spiro atoms. The van der Waals surface area contributed by atoms with Crippen molar-refractivity contribution in [3.63, 3.8) is 0 Å². The van der Waals surface area contributed by atoms with Crippen LogP contribution in [0, 0.1) is 13.8 Å². The van der Waals surface area contributed by atoms with Gasteiger partial charge in [-0.05, 0) is 25.8 Å². The summed E-state index contributed by atoms with van der Waals surface area (Å²) in [6, 6.07) is 0. The molecule has 0 aliphatic rings. The Morgan fingerprint density at radius 2 is 2.05 bits per heavy atom. The van der Waals surface area contributed by atoms with Crippen molar-refractivity contribution in [2.45, 2.75) is 27.2 Å². The summed E-state index contributed by atoms with van der Waals surface area (Å²) in [6.07, 6.45) is 3.92. The Kier molecular flexibility index (Phi) is 3.46. The lowest BCUT2D eigenvalue weighted by Gasteiger charge is -2.07. The molecule has 0 aliphatic carbocycles. The first-order chi connectivity index (χ1) is 9.10. The number of rotatable bonds is 3. The van der Waals surface area contributed by atoms with E-state index in [1.54, 1.807) is 10.9 Å². The number of amidine groups is 1. The second-order valence-electron chi connectivity index (χ2n) is 4.13. The van der Waals surface area contributed by atoms with E-state index in [1.165, 1.54) is 6.20 Å². The van der Waals surface area contributed by atoms with Crippen molar-refractivity contribution < 1.29 is 5.21 Å². The maximum absolute atomic E-state index is 8.80. The average molecular weight is 260 g/mol. The van der Waals surface area contributed by atoms with Gasteiger partial charge in [0, 0.05) is 18.1 Å². The third-order valence-electron chi connectivity index (χ3n) is 3.02. The van der Waals surface area contributed by atoms with E-state index in [2.05, 4.69) is 27.1 Å². The van der Waals surface area contributed by atoms with Gasteiger partial charge >= 0.3 is 0 Å². The van der Waals surface area contributed by atoms with E-state index in [9.17, 15) is 0 Å². The van der Waals surface area contributed by atoms with E-state index in [4.69, 9.17) is 10.9 Å². The van der Waals surface area contributed by atoms with Crippen molar-refractivity contribution in [3.05, 3.63) is 35.0 Å². The second-order valence-corrected chi connectivity index (χ2v) is 4.13. The molecule has 19 heavy (non-hydrogen) atoms. The number of hydrogen-bond donors (Lipinski definition) is 2. The maximum atomic E-state index is 8.80. The Balaban J connectivity index is 2.66. The van der Waals surface area contributed by atoms with Crippen LogP contribution in [0.2, 0.25) is 0 Å². The summed E-state index contributed by atoms with van der Waals surface area (Å²) in [6.45, 7) is 5.98. The summed E-state index contributed by atoms with van der Waals surface area (Å²) in [5.41, 5.74) is 9.00. The molecule has 0 amide bonds. The first-order valence-electron chi connectivity index (χ1n) is 5.94. The van der Waals surface area contributed by atoms with Gasteiger partial charge in [0.2, 0.25) is 0 Å².